The Bertz CT molecular complexity index is 931. The molecule has 116 valence electrons. The Hall–Kier alpha value is -2.30. The van der Waals surface area contributed by atoms with E-state index in [4.69, 9.17) is 23.2 Å². The van der Waals surface area contributed by atoms with Gasteiger partial charge in [0, 0.05) is 28.4 Å². The SMILES string of the molecule is CC(=O)Nc1c(C(=O)c2ccccc2Cl)[nH]c2cc(Cl)ccc12. The molecule has 1 amide bonds. The second-order valence-corrected chi connectivity index (χ2v) is 5.90. The normalized spacial score (nSPS) is 10.7. The van der Waals surface area contributed by atoms with Crippen molar-refractivity contribution in [2.45, 2.75) is 6.92 Å². The summed E-state index contributed by atoms with van der Waals surface area (Å²) in [5.41, 5.74) is 1.72. The Labute approximate surface area is 142 Å². The van der Waals surface area contributed by atoms with Crippen LogP contribution in [0.5, 0.6) is 0 Å². The summed E-state index contributed by atoms with van der Waals surface area (Å²) in [7, 11) is 0. The lowest BCUT2D eigenvalue weighted by atomic mass is 10.1. The summed E-state index contributed by atoms with van der Waals surface area (Å²) in [5, 5.41) is 4.30. The van der Waals surface area contributed by atoms with Gasteiger partial charge in [-0.05, 0) is 30.3 Å². The summed E-state index contributed by atoms with van der Waals surface area (Å²) in [6.45, 7) is 1.39. The lowest BCUT2D eigenvalue weighted by Gasteiger charge is -2.06. The number of aromatic nitrogens is 1. The number of ketones is 1. The smallest absolute Gasteiger partial charge is 0.221 e. The molecule has 0 saturated heterocycles. The van der Waals surface area contributed by atoms with Crippen LogP contribution in [0, 0.1) is 0 Å². The topological polar surface area (TPSA) is 62.0 Å². The summed E-state index contributed by atoms with van der Waals surface area (Å²) in [6.07, 6.45) is 0. The van der Waals surface area contributed by atoms with Gasteiger partial charge >= 0.3 is 0 Å². The predicted octanol–water partition coefficient (Wildman–Crippen LogP) is 4.66. The average molecular weight is 347 g/mol. The zero-order valence-corrected chi connectivity index (χ0v) is 13.6. The summed E-state index contributed by atoms with van der Waals surface area (Å²) in [6, 6.07) is 11.9. The molecule has 0 atom stereocenters. The molecule has 2 N–H and O–H groups in total. The van der Waals surface area contributed by atoms with Crippen LogP contribution in [0.25, 0.3) is 10.9 Å². The minimum Gasteiger partial charge on any atom is -0.350 e. The third-order valence-corrected chi connectivity index (χ3v) is 3.97. The monoisotopic (exact) mass is 346 g/mol. The molecule has 1 aromatic heterocycles. The minimum absolute atomic E-state index is 0.269. The van der Waals surface area contributed by atoms with Crippen LogP contribution in [0.15, 0.2) is 42.5 Å². The first-order valence-corrected chi connectivity index (χ1v) is 7.61. The van der Waals surface area contributed by atoms with Gasteiger partial charge in [0.05, 0.1) is 10.7 Å². The molecule has 1 heterocycles. The van der Waals surface area contributed by atoms with E-state index in [9.17, 15) is 9.59 Å². The number of amides is 1. The number of aromatic amines is 1. The molecule has 0 radical (unpaired) electrons. The van der Waals surface area contributed by atoms with Gasteiger partial charge in [0.25, 0.3) is 0 Å². The van der Waals surface area contributed by atoms with Gasteiger partial charge in [0.15, 0.2) is 0 Å². The maximum absolute atomic E-state index is 12.8. The third-order valence-electron chi connectivity index (χ3n) is 3.41. The van der Waals surface area contributed by atoms with Crippen LogP contribution >= 0.6 is 23.2 Å². The molecule has 6 heteroatoms. The van der Waals surface area contributed by atoms with Crippen molar-refractivity contribution >= 4 is 51.5 Å². The number of fused-ring (bicyclic) bond motifs is 1. The molecule has 0 aliphatic heterocycles. The molecule has 0 aliphatic rings. The molecule has 2 aromatic carbocycles. The van der Waals surface area contributed by atoms with E-state index in [1.807, 2.05) is 0 Å². The lowest BCUT2D eigenvalue weighted by molar-refractivity contribution is -0.114. The van der Waals surface area contributed by atoms with E-state index in [0.717, 1.165) is 0 Å². The van der Waals surface area contributed by atoms with Crippen LogP contribution in [0.2, 0.25) is 10.0 Å². The number of nitrogens with one attached hydrogen (secondary N) is 2. The van der Waals surface area contributed by atoms with Crippen LogP contribution in [0.4, 0.5) is 5.69 Å². The van der Waals surface area contributed by atoms with Crippen molar-refractivity contribution in [1.29, 1.82) is 0 Å². The summed E-state index contributed by atoms with van der Waals surface area (Å²) in [4.78, 5) is 27.4. The Morgan fingerprint density at radius 1 is 1.09 bits per heavy atom. The van der Waals surface area contributed by atoms with E-state index in [1.54, 1.807) is 42.5 Å². The van der Waals surface area contributed by atoms with Crippen molar-refractivity contribution in [3.8, 4) is 0 Å². The Morgan fingerprint density at radius 2 is 1.83 bits per heavy atom. The first-order valence-electron chi connectivity index (χ1n) is 6.85. The van der Waals surface area contributed by atoms with Crippen LogP contribution in [0.3, 0.4) is 0 Å². The highest BCUT2D eigenvalue weighted by atomic mass is 35.5. The molecule has 0 unspecified atom stereocenters. The quantitative estimate of drug-likeness (QED) is 0.677. The number of benzene rings is 2. The summed E-state index contributed by atoms with van der Waals surface area (Å²) < 4.78 is 0. The number of halogens is 2. The highest BCUT2D eigenvalue weighted by molar-refractivity contribution is 6.35. The second-order valence-electron chi connectivity index (χ2n) is 5.06. The number of anilines is 1. The molecule has 0 bridgehead atoms. The second kappa shape index (κ2) is 6.07. The van der Waals surface area contributed by atoms with E-state index < -0.39 is 0 Å². The fraction of sp³-hybridized carbons (Fsp3) is 0.0588. The summed E-state index contributed by atoms with van der Waals surface area (Å²) >= 11 is 12.1. The highest BCUT2D eigenvalue weighted by Crippen LogP contribution is 2.32. The molecular formula is C17H12Cl2N2O2. The molecule has 3 aromatic rings. The number of hydrogen-bond acceptors (Lipinski definition) is 2. The van der Waals surface area contributed by atoms with Crippen molar-refractivity contribution in [1.82, 2.24) is 4.98 Å². The maximum Gasteiger partial charge on any atom is 0.221 e. The Balaban J connectivity index is 2.21. The van der Waals surface area contributed by atoms with E-state index >= 15 is 0 Å². The number of rotatable bonds is 3. The largest absolute Gasteiger partial charge is 0.350 e. The fourth-order valence-electron chi connectivity index (χ4n) is 2.43. The van der Waals surface area contributed by atoms with E-state index in [2.05, 4.69) is 10.3 Å². The number of H-pyrrole nitrogens is 1. The van der Waals surface area contributed by atoms with Gasteiger partial charge in [-0.3, -0.25) is 9.59 Å². The summed E-state index contributed by atoms with van der Waals surface area (Å²) in [5.74, 6) is -0.569. The van der Waals surface area contributed by atoms with Gasteiger partial charge in [-0.25, -0.2) is 0 Å². The molecule has 3 rings (SSSR count). The Morgan fingerprint density at radius 3 is 2.52 bits per heavy atom. The van der Waals surface area contributed by atoms with Gasteiger partial charge < -0.3 is 10.3 Å². The van der Waals surface area contributed by atoms with Gasteiger partial charge in [-0.15, -0.1) is 0 Å². The van der Waals surface area contributed by atoms with Crippen molar-refractivity contribution in [2.75, 3.05) is 5.32 Å². The van der Waals surface area contributed by atoms with Crippen molar-refractivity contribution < 1.29 is 9.59 Å². The first kappa shape index (κ1) is 15.6. The molecule has 0 saturated carbocycles. The Kier molecular flexibility index (Phi) is 4.11. The number of carbonyl (C=O) groups excluding carboxylic acids is 2. The van der Waals surface area contributed by atoms with Crippen molar-refractivity contribution in [3.63, 3.8) is 0 Å². The van der Waals surface area contributed by atoms with E-state index in [0.29, 0.717) is 32.2 Å². The van der Waals surface area contributed by atoms with Gasteiger partial charge in [0.2, 0.25) is 11.7 Å². The van der Waals surface area contributed by atoms with E-state index in [1.165, 1.54) is 6.92 Å². The molecule has 0 fully saturated rings. The van der Waals surface area contributed by atoms with Crippen LogP contribution in [0.1, 0.15) is 23.0 Å². The van der Waals surface area contributed by atoms with Crippen LogP contribution < -0.4 is 5.32 Å². The van der Waals surface area contributed by atoms with Crippen LogP contribution in [-0.4, -0.2) is 16.7 Å². The molecular weight excluding hydrogens is 335 g/mol. The fourth-order valence-corrected chi connectivity index (χ4v) is 2.82. The maximum atomic E-state index is 12.8. The molecule has 23 heavy (non-hydrogen) atoms. The minimum atomic E-state index is -0.299. The van der Waals surface area contributed by atoms with Crippen molar-refractivity contribution in [2.24, 2.45) is 0 Å². The molecule has 0 aliphatic carbocycles. The van der Waals surface area contributed by atoms with Gasteiger partial charge in [-0.2, -0.15) is 0 Å². The highest BCUT2D eigenvalue weighted by Gasteiger charge is 2.21. The van der Waals surface area contributed by atoms with Gasteiger partial charge in [0.1, 0.15) is 5.69 Å². The first-order chi connectivity index (χ1) is 11.0. The van der Waals surface area contributed by atoms with Crippen molar-refractivity contribution in [3.05, 3.63) is 63.8 Å². The van der Waals surface area contributed by atoms with Gasteiger partial charge in [-0.1, -0.05) is 35.3 Å². The third kappa shape index (κ3) is 2.96. The predicted molar refractivity (Wildman–Crippen MR) is 92.5 cm³/mol. The average Bonchev–Trinajstić information content (AvgIpc) is 2.84. The van der Waals surface area contributed by atoms with Crippen LogP contribution in [-0.2, 0) is 4.79 Å². The van der Waals surface area contributed by atoms with E-state index in [-0.39, 0.29) is 17.4 Å². The molecule has 0 spiro atoms. The zero-order chi connectivity index (χ0) is 16.6. The number of hydrogen-bond donors (Lipinski definition) is 2. The molecule has 4 nitrogen and oxygen atoms in total. The standard InChI is InChI=1S/C17H12Cl2N2O2/c1-9(22)20-15-12-7-6-10(18)8-14(12)21-16(15)17(23)11-4-2-3-5-13(11)19/h2-8,21H,1H3,(H,20,22). The lowest BCUT2D eigenvalue weighted by Crippen LogP contribution is -2.11. The number of carbonyl (C=O) groups is 2. The zero-order valence-electron chi connectivity index (χ0n) is 12.1.